The van der Waals surface area contributed by atoms with Gasteiger partial charge in [0.2, 0.25) is 0 Å². The van der Waals surface area contributed by atoms with Crippen LogP contribution in [0.5, 0.6) is 0 Å². The summed E-state index contributed by atoms with van der Waals surface area (Å²) in [7, 11) is 0. The van der Waals surface area contributed by atoms with Crippen LogP contribution in [0.2, 0.25) is 0 Å². The van der Waals surface area contributed by atoms with E-state index in [0.717, 1.165) is 18.7 Å². The fourth-order valence-electron chi connectivity index (χ4n) is 2.17. The number of hydrogen-bond acceptors (Lipinski definition) is 1. The first-order chi connectivity index (χ1) is 10.3. The number of hydrogen-bond donors (Lipinski definition) is 2. The highest BCUT2D eigenvalue weighted by Crippen LogP contribution is 2.17. The summed E-state index contributed by atoms with van der Waals surface area (Å²) < 4.78 is 0. The van der Waals surface area contributed by atoms with Gasteiger partial charge < -0.3 is 10.6 Å². The molecule has 2 nitrogen and oxygen atoms in total. The molecule has 0 aliphatic heterocycles. The van der Waals surface area contributed by atoms with Crippen LogP contribution in [0.1, 0.15) is 30.9 Å². The lowest BCUT2D eigenvalue weighted by Gasteiger charge is -2.14. The van der Waals surface area contributed by atoms with E-state index in [1.807, 2.05) is 24.3 Å². The van der Waals surface area contributed by atoms with Gasteiger partial charge in [-0.25, -0.2) is 0 Å². The molecule has 0 amide bonds. The van der Waals surface area contributed by atoms with Crippen molar-refractivity contribution in [3.8, 4) is 0 Å². The van der Waals surface area contributed by atoms with Crippen LogP contribution in [-0.4, -0.2) is 5.11 Å². The minimum atomic E-state index is 0.669. The minimum Gasteiger partial charge on any atom is -0.358 e. The van der Waals surface area contributed by atoms with Gasteiger partial charge in [-0.3, -0.25) is 0 Å². The molecule has 0 spiro atoms. The van der Waals surface area contributed by atoms with Crippen LogP contribution in [-0.2, 0) is 13.0 Å². The Labute approximate surface area is 132 Å². The van der Waals surface area contributed by atoms with Crippen LogP contribution >= 0.6 is 12.2 Å². The van der Waals surface area contributed by atoms with Crippen molar-refractivity contribution in [3.05, 3.63) is 65.7 Å². The number of nitrogens with one attached hydrogen (secondary N) is 2. The Kier molecular flexibility index (Phi) is 6.22. The van der Waals surface area contributed by atoms with Gasteiger partial charge in [0.25, 0.3) is 0 Å². The Morgan fingerprint density at radius 1 is 1.00 bits per heavy atom. The second kappa shape index (κ2) is 8.42. The fourth-order valence-corrected chi connectivity index (χ4v) is 2.35. The van der Waals surface area contributed by atoms with E-state index < -0.39 is 0 Å². The van der Waals surface area contributed by atoms with Crippen molar-refractivity contribution in [1.29, 1.82) is 0 Å². The lowest BCUT2D eigenvalue weighted by atomic mass is 10.1. The number of unbranched alkanes of at least 4 members (excludes halogenated alkanes) is 1. The van der Waals surface area contributed by atoms with Crippen molar-refractivity contribution in [3.63, 3.8) is 0 Å². The average molecular weight is 298 g/mol. The molecule has 0 saturated carbocycles. The summed E-state index contributed by atoms with van der Waals surface area (Å²) in [5, 5.41) is 7.23. The first-order valence-corrected chi connectivity index (χ1v) is 7.87. The third kappa shape index (κ3) is 5.20. The molecule has 0 aliphatic carbocycles. The molecule has 0 unspecified atom stereocenters. The monoisotopic (exact) mass is 298 g/mol. The summed E-state index contributed by atoms with van der Waals surface area (Å²) in [6.45, 7) is 2.95. The van der Waals surface area contributed by atoms with Crippen molar-refractivity contribution in [2.45, 2.75) is 32.7 Å². The Morgan fingerprint density at radius 2 is 1.71 bits per heavy atom. The third-order valence-electron chi connectivity index (χ3n) is 3.36. The molecule has 0 heterocycles. The predicted octanol–water partition coefficient (Wildman–Crippen LogP) is 4.52. The van der Waals surface area contributed by atoms with Gasteiger partial charge in [-0.05, 0) is 42.3 Å². The lowest BCUT2D eigenvalue weighted by Crippen LogP contribution is -2.28. The SMILES string of the molecule is CCCCc1ccccc1NC(=S)NCc1ccccc1. The normalized spacial score (nSPS) is 10.1. The topological polar surface area (TPSA) is 24.1 Å². The highest BCUT2D eigenvalue weighted by molar-refractivity contribution is 7.80. The molecule has 3 heteroatoms. The van der Waals surface area contributed by atoms with Crippen LogP contribution in [0.25, 0.3) is 0 Å². The summed E-state index contributed by atoms with van der Waals surface area (Å²) in [6.07, 6.45) is 3.48. The number of para-hydroxylation sites is 1. The number of anilines is 1. The molecule has 110 valence electrons. The molecule has 0 bridgehead atoms. The molecule has 2 rings (SSSR count). The number of aryl methyl sites for hydroxylation is 1. The predicted molar refractivity (Wildman–Crippen MR) is 94.6 cm³/mol. The second-order valence-electron chi connectivity index (χ2n) is 5.05. The van der Waals surface area contributed by atoms with Gasteiger partial charge in [0.15, 0.2) is 5.11 Å². The van der Waals surface area contributed by atoms with E-state index >= 15 is 0 Å². The van der Waals surface area contributed by atoms with Crippen LogP contribution in [0.15, 0.2) is 54.6 Å². The van der Waals surface area contributed by atoms with Gasteiger partial charge in [-0.1, -0.05) is 61.9 Å². The van der Waals surface area contributed by atoms with E-state index in [1.165, 1.54) is 24.0 Å². The largest absolute Gasteiger partial charge is 0.358 e. The van der Waals surface area contributed by atoms with Crippen molar-refractivity contribution in [2.75, 3.05) is 5.32 Å². The number of rotatable bonds is 6. The molecule has 2 N–H and O–H groups in total. The molecule has 21 heavy (non-hydrogen) atoms. The Hall–Kier alpha value is -1.87. The minimum absolute atomic E-state index is 0.669. The zero-order valence-electron chi connectivity index (χ0n) is 12.4. The van der Waals surface area contributed by atoms with Gasteiger partial charge in [0, 0.05) is 12.2 Å². The Bertz CT molecular complexity index is 566. The van der Waals surface area contributed by atoms with E-state index in [2.05, 4.69) is 47.9 Å². The van der Waals surface area contributed by atoms with Crippen molar-refractivity contribution >= 4 is 23.0 Å². The summed E-state index contributed by atoms with van der Waals surface area (Å²) >= 11 is 5.39. The van der Waals surface area contributed by atoms with Gasteiger partial charge in [-0.15, -0.1) is 0 Å². The van der Waals surface area contributed by atoms with E-state index in [0.29, 0.717) is 5.11 Å². The van der Waals surface area contributed by atoms with Crippen LogP contribution in [0, 0.1) is 0 Å². The quantitative estimate of drug-likeness (QED) is 0.767. The molecule has 0 atom stereocenters. The molecular formula is C18H22N2S. The molecule has 0 radical (unpaired) electrons. The van der Waals surface area contributed by atoms with E-state index in [1.54, 1.807) is 0 Å². The smallest absolute Gasteiger partial charge is 0.171 e. The molecule has 0 fully saturated rings. The first-order valence-electron chi connectivity index (χ1n) is 7.46. The van der Waals surface area contributed by atoms with E-state index in [4.69, 9.17) is 12.2 Å². The van der Waals surface area contributed by atoms with Crippen LogP contribution < -0.4 is 10.6 Å². The van der Waals surface area contributed by atoms with Crippen LogP contribution in [0.3, 0.4) is 0 Å². The van der Waals surface area contributed by atoms with Crippen LogP contribution in [0.4, 0.5) is 5.69 Å². The average Bonchev–Trinajstić information content (AvgIpc) is 2.53. The molecule has 2 aromatic carbocycles. The van der Waals surface area contributed by atoms with Gasteiger partial charge >= 0.3 is 0 Å². The summed E-state index contributed by atoms with van der Waals surface area (Å²) in [6, 6.07) is 18.6. The highest BCUT2D eigenvalue weighted by Gasteiger charge is 2.03. The second-order valence-corrected chi connectivity index (χ2v) is 5.46. The molecule has 2 aromatic rings. The molecule has 0 saturated heterocycles. The molecule has 0 aliphatic rings. The Balaban J connectivity index is 1.90. The van der Waals surface area contributed by atoms with Crippen molar-refractivity contribution in [2.24, 2.45) is 0 Å². The maximum atomic E-state index is 5.39. The molecular weight excluding hydrogens is 276 g/mol. The maximum Gasteiger partial charge on any atom is 0.171 e. The summed E-state index contributed by atoms with van der Waals surface area (Å²) in [5.74, 6) is 0. The maximum absolute atomic E-state index is 5.39. The third-order valence-corrected chi connectivity index (χ3v) is 3.61. The number of thiocarbonyl (C=S) groups is 1. The first kappa shape index (κ1) is 15.5. The number of benzene rings is 2. The Morgan fingerprint density at radius 3 is 2.48 bits per heavy atom. The standard InChI is InChI=1S/C18H22N2S/c1-2-3-11-16-12-7-8-13-17(16)20-18(21)19-14-15-9-5-4-6-10-15/h4-10,12-13H,2-3,11,14H2,1H3,(H2,19,20,21). The van der Waals surface area contributed by atoms with E-state index in [9.17, 15) is 0 Å². The highest BCUT2D eigenvalue weighted by atomic mass is 32.1. The molecule has 0 aromatic heterocycles. The van der Waals surface area contributed by atoms with Gasteiger partial charge in [-0.2, -0.15) is 0 Å². The van der Waals surface area contributed by atoms with Crippen molar-refractivity contribution < 1.29 is 0 Å². The fraction of sp³-hybridized carbons (Fsp3) is 0.278. The lowest BCUT2D eigenvalue weighted by molar-refractivity contribution is 0.796. The summed E-state index contributed by atoms with van der Waals surface area (Å²) in [4.78, 5) is 0. The summed E-state index contributed by atoms with van der Waals surface area (Å²) in [5.41, 5.74) is 3.65. The zero-order valence-corrected chi connectivity index (χ0v) is 13.2. The van der Waals surface area contributed by atoms with Gasteiger partial charge in [0.1, 0.15) is 0 Å². The zero-order chi connectivity index (χ0) is 14.9. The van der Waals surface area contributed by atoms with Crippen molar-refractivity contribution in [1.82, 2.24) is 5.32 Å². The van der Waals surface area contributed by atoms with E-state index in [-0.39, 0.29) is 0 Å². The van der Waals surface area contributed by atoms with Gasteiger partial charge in [0.05, 0.1) is 0 Å².